The number of hydrogen-bond donors (Lipinski definition) is 18. The number of carboxylic acids is 4. The van der Waals surface area contributed by atoms with Gasteiger partial charge in [0.1, 0.15) is 36.8 Å². The maximum Gasteiger partial charge on any atom is 0.322 e. The third kappa shape index (κ3) is 21.5. The zero-order valence-corrected chi connectivity index (χ0v) is 41.4. The Hall–Kier alpha value is -9.17. The minimum Gasteiger partial charge on any atom is -0.481 e. The molecule has 2 heterocycles. The second-order valence-electron chi connectivity index (χ2n) is 16.6. The maximum absolute atomic E-state index is 13.8. The number of carbonyl (C=O) groups is 11. The number of carbonyl (C=O) groups excluding carboxylic acids is 7. The summed E-state index contributed by atoms with van der Waals surface area (Å²) in [5.74, 6) is -14.8. The molecule has 0 spiro atoms. The maximum atomic E-state index is 13.8. The van der Waals surface area contributed by atoms with Crippen LogP contribution in [0.1, 0.15) is 74.3 Å². The molecule has 32 nitrogen and oxygen atoms in total. The third-order valence-electron chi connectivity index (χ3n) is 10.4. The highest BCUT2D eigenvalue weighted by Crippen LogP contribution is 2.13. The smallest absolute Gasteiger partial charge is 0.322 e. The molecule has 19 N–H and O–H groups in total. The number of aliphatic carboxylic acids is 4. The van der Waals surface area contributed by atoms with Crippen molar-refractivity contribution in [3.8, 4) is 0 Å². The van der Waals surface area contributed by atoms with Gasteiger partial charge in [-0.2, -0.15) is 17.6 Å². The van der Waals surface area contributed by atoms with Crippen LogP contribution in [0.15, 0.2) is 35.3 Å². The Morgan fingerprint density at radius 1 is 0.684 bits per heavy atom. The van der Waals surface area contributed by atoms with Gasteiger partial charge in [-0.3, -0.25) is 67.9 Å². The van der Waals surface area contributed by atoms with E-state index in [0.717, 1.165) is 0 Å². The molecule has 0 aliphatic heterocycles. The molecule has 6 atom stereocenters. The number of unbranched alkanes of at least 4 members (excludes halogenated alkanes) is 1. The number of amides is 7. The summed E-state index contributed by atoms with van der Waals surface area (Å²) >= 11 is 3.92. The molecule has 0 radical (unpaired) electrons. The normalized spacial score (nSPS) is 13.1. The molecule has 0 aliphatic carbocycles. The first kappa shape index (κ1) is 61.1. The Morgan fingerprint density at radius 2 is 1.22 bits per heavy atom. The van der Waals surface area contributed by atoms with E-state index in [0.29, 0.717) is 11.4 Å². The van der Waals surface area contributed by atoms with Crippen molar-refractivity contribution in [3.63, 3.8) is 0 Å². The van der Waals surface area contributed by atoms with Crippen LogP contribution in [0, 0.1) is 5.41 Å². The van der Waals surface area contributed by atoms with Gasteiger partial charge in [-0.25, -0.2) is 9.97 Å². The highest BCUT2D eigenvalue weighted by molar-refractivity contribution is 7.80. The van der Waals surface area contributed by atoms with Gasteiger partial charge in [-0.1, -0.05) is 0 Å². The lowest BCUT2D eigenvalue weighted by Gasteiger charge is -2.26. The van der Waals surface area contributed by atoms with E-state index in [9.17, 15) is 72.9 Å². The van der Waals surface area contributed by atoms with Gasteiger partial charge in [0.15, 0.2) is 17.1 Å². The molecule has 0 saturated carbocycles. The summed E-state index contributed by atoms with van der Waals surface area (Å²) in [6.07, 6.45) is -2.23. The van der Waals surface area contributed by atoms with E-state index < -0.39 is 139 Å². The van der Waals surface area contributed by atoms with E-state index in [1.807, 2.05) is 10.6 Å². The number of anilines is 2. The van der Waals surface area contributed by atoms with Crippen molar-refractivity contribution in [2.24, 2.45) is 5.73 Å². The summed E-state index contributed by atoms with van der Waals surface area (Å²) in [6.45, 7) is 0.999. The molecule has 76 heavy (non-hydrogen) atoms. The number of nitrogens with two attached hydrogens (primary N) is 2. The number of rotatable bonds is 32. The van der Waals surface area contributed by atoms with Crippen molar-refractivity contribution < 1.29 is 73.2 Å². The molecule has 3 rings (SSSR count). The van der Waals surface area contributed by atoms with E-state index in [4.69, 9.17) is 22.0 Å². The topological polar surface area (TPSA) is 524 Å². The number of hydrogen-bond acceptors (Lipinski definition) is 19. The fourth-order valence-corrected chi connectivity index (χ4v) is 6.93. The molecule has 3 aromatic rings. The molecule has 7 amide bonds. The first-order chi connectivity index (χ1) is 35.8. The first-order valence-corrected chi connectivity index (χ1v) is 23.5. The monoisotopic (exact) mass is 1090 g/mol. The number of carboxylic acid groups (broad SMARTS) is 4. The van der Waals surface area contributed by atoms with Crippen LogP contribution < -0.4 is 64.9 Å². The van der Waals surface area contributed by atoms with Crippen LogP contribution in [0.5, 0.6) is 0 Å². The SMILES string of the molecule is C[C@H](CCC(=O)N[C@@H](CC(=O)O)C(=O)N[C@@H](CCCCNC(=N)N)C(=O)N[C@@H](CC(=O)O)C(=O)N[C@@H](CC(=O)O)C(=O)N[C@H](CS)C(=O)NCC(=O)O)NC(=O)c1ccc(NCc2cnc3nc(N)[nH]c(=O)c3n2)cc1. The van der Waals surface area contributed by atoms with Gasteiger partial charge < -0.3 is 79.7 Å². The zero-order chi connectivity index (χ0) is 56.6. The van der Waals surface area contributed by atoms with E-state index in [-0.39, 0.29) is 73.8 Å². The number of fused-ring (bicyclic) bond motifs is 1. The van der Waals surface area contributed by atoms with Crippen LogP contribution in [0.3, 0.4) is 0 Å². The van der Waals surface area contributed by atoms with E-state index in [1.54, 1.807) is 19.1 Å². The van der Waals surface area contributed by atoms with E-state index in [2.05, 4.69) is 69.8 Å². The summed E-state index contributed by atoms with van der Waals surface area (Å²) in [7, 11) is 0. The zero-order valence-electron chi connectivity index (χ0n) is 40.5. The molecule has 0 unspecified atom stereocenters. The Balaban J connectivity index is 1.68. The molecule has 1 aromatic carbocycles. The molecular weight excluding hydrogens is 1030 g/mol. The first-order valence-electron chi connectivity index (χ1n) is 22.9. The molecule has 0 aliphatic rings. The van der Waals surface area contributed by atoms with Crippen molar-refractivity contribution in [3.05, 3.63) is 52.1 Å². The quantitative estimate of drug-likeness (QED) is 0.0121. The van der Waals surface area contributed by atoms with Crippen LogP contribution in [0.4, 0.5) is 11.6 Å². The van der Waals surface area contributed by atoms with Crippen molar-refractivity contribution >= 4 is 107 Å². The van der Waals surface area contributed by atoms with Gasteiger partial charge in [-0.15, -0.1) is 0 Å². The molecular formula is C43H58N16O16S. The molecule has 412 valence electrons. The summed E-state index contributed by atoms with van der Waals surface area (Å²) < 4.78 is 0. The average Bonchev–Trinajstić information content (AvgIpc) is 3.34. The Kier molecular flexibility index (Phi) is 24.2. The number of guanidine groups is 1. The molecule has 0 fully saturated rings. The van der Waals surface area contributed by atoms with Crippen LogP contribution in [0.25, 0.3) is 11.2 Å². The minimum atomic E-state index is -2.07. The van der Waals surface area contributed by atoms with Gasteiger partial charge in [0.2, 0.25) is 41.4 Å². The summed E-state index contributed by atoms with van der Waals surface area (Å²) in [6, 6.07) is -3.49. The summed E-state index contributed by atoms with van der Waals surface area (Å²) in [4.78, 5) is 166. The van der Waals surface area contributed by atoms with Crippen LogP contribution in [0.2, 0.25) is 0 Å². The predicted molar refractivity (Wildman–Crippen MR) is 267 cm³/mol. The second-order valence-corrected chi connectivity index (χ2v) is 17.0. The van der Waals surface area contributed by atoms with Crippen molar-refractivity contribution in [2.75, 3.05) is 29.9 Å². The third-order valence-corrected chi connectivity index (χ3v) is 10.8. The summed E-state index contributed by atoms with van der Waals surface area (Å²) in [5, 5.41) is 66.1. The average molecular weight is 1090 g/mol. The minimum absolute atomic E-state index is 0.00107. The van der Waals surface area contributed by atoms with Crippen molar-refractivity contribution in [1.82, 2.24) is 62.5 Å². The number of nitrogen functional groups attached to an aromatic ring is 1. The number of nitrogens with one attached hydrogen (secondary N) is 11. The molecule has 0 saturated heterocycles. The number of H-pyrrole nitrogens is 1. The van der Waals surface area contributed by atoms with Crippen LogP contribution in [-0.4, -0.2) is 167 Å². The van der Waals surface area contributed by atoms with E-state index >= 15 is 0 Å². The number of thiol groups is 1. The number of nitrogens with zero attached hydrogens (tertiary/aromatic N) is 3. The standard InChI is InChI=1S/C43H58N16O16S/c1-19(51-35(69)20-6-8-21(9-7-20)48-15-22-16-49-34-33(52-22)41(75)59-43(46)58-34)5-10-28(60)53-24(12-29(61)62)38(72)54-23(4-2-3-11-47-42(44)45)37(71)55-25(13-30(63)64)39(73)56-26(14-31(65)66)40(74)57-27(18-76)36(70)50-17-32(67)68/h6-9,16,19,23-27,48,76H,2-5,10-15,17-18H2,1H3,(H,50,70)(H,51,69)(H,53,60)(H,54,72)(H,55,71)(H,56,73)(H,57,74)(H,61,62)(H,63,64)(H,65,66)(H,67,68)(H4,44,45,47)(H3,46,49,58,59,75)/t19-,23+,24+,25+,26+,27-/m1/s1. The number of aromatic amines is 1. The number of aromatic nitrogens is 4. The highest BCUT2D eigenvalue weighted by atomic mass is 32.1. The second kappa shape index (κ2) is 30.1. The van der Waals surface area contributed by atoms with Gasteiger partial charge in [-0.05, 0) is 56.9 Å². The fraction of sp³-hybridized carbons (Fsp3) is 0.442. The van der Waals surface area contributed by atoms with Gasteiger partial charge in [0, 0.05) is 36.0 Å². The fourth-order valence-electron chi connectivity index (χ4n) is 6.67. The Labute approximate surface area is 435 Å². The largest absolute Gasteiger partial charge is 0.481 e. The lowest BCUT2D eigenvalue weighted by molar-refractivity contribution is -0.143. The van der Waals surface area contributed by atoms with Crippen LogP contribution >= 0.6 is 12.6 Å². The lowest BCUT2D eigenvalue weighted by Crippen LogP contribution is -2.60. The van der Waals surface area contributed by atoms with Gasteiger partial charge in [0.05, 0.1) is 37.7 Å². The van der Waals surface area contributed by atoms with E-state index in [1.165, 1.54) is 18.3 Å². The predicted octanol–water partition coefficient (Wildman–Crippen LogP) is -4.56. The van der Waals surface area contributed by atoms with Crippen molar-refractivity contribution in [1.29, 1.82) is 5.41 Å². The molecule has 0 bridgehead atoms. The van der Waals surface area contributed by atoms with Crippen molar-refractivity contribution in [2.45, 2.75) is 101 Å². The van der Waals surface area contributed by atoms with Crippen LogP contribution in [-0.2, 0) is 54.5 Å². The van der Waals surface area contributed by atoms with Gasteiger partial charge >= 0.3 is 23.9 Å². The molecule has 33 heteroatoms. The Bertz CT molecular complexity index is 2710. The lowest BCUT2D eigenvalue weighted by atomic mass is 10.0. The Morgan fingerprint density at radius 3 is 1.76 bits per heavy atom. The molecule has 2 aromatic heterocycles. The summed E-state index contributed by atoms with van der Waals surface area (Å²) in [5.41, 5.74) is 11.6. The highest BCUT2D eigenvalue weighted by Gasteiger charge is 2.35. The number of benzene rings is 1. The van der Waals surface area contributed by atoms with Gasteiger partial charge in [0.25, 0.3) is 11.5 Å².